The molecule has 0 saturated carbocycles. The van der Waals surface area contributed by atoms with Crippen LogP contribution in [-0.2, 0) is 20.8 Å². The van der Waals surface area contributed by atoms with E-state index in [1.54, 1.807) is 0 Å². The first-order valence-corrected chi connectivity index (χ1v) is 10.5. The van der Waals surface area contributed by atoms with Crippen LogP contribution in [0.3, 0.4) is 0 Å². The Morgan fingerprint density at radius 3 is 1.88 bits per heavy atom. The van der Waals surface area contributed by atoms with Gasteiger partial charge in [0.1, 0.15) is 12.1 Å². The van der Waals surface area contributed by atoms with Gasteiger partial charge in [-0.2, -0.15) is 0 Å². The lowest BCUT2D eigenvalue weighted by molar-refractivity contribution is -0.131. The van der Waals surface area contributed by atoms with Crippen molar-refractivity contribution in [3.8, 4) is 11.1 Å². The van der Waals surface area contributed by atoms with Crippen LogP contribution in [-0.4, -0.2) is 29.8 Å². The first-order valence-electron chi connectivity index (χ1n) is 10.5. The average molecular weight is 428 g/mol. The number of rotatable bonds is 7. The molecule has 0 saturated heterocycles. The Morgan fingerprint density at radius 1 is 0.812 bits per heavy atom. The van der Waals surface area contributed by atoms with Crippen molar-refractivity contribution < 1.29 is 14.4 Å². The fourth-order valence-corrected chi connectivity index (χ4v) is 4.43. The maximum atomic E-state index is 13.2. The van der Waals surface area contributed by atoms with Crippen molar-refractivity contribution in [3.63, 3.8) is 0 Å². The summed E-state index contributed by atoms with van der Waals surface area (Å²) in [6, 6.07) is 23.2. The fourth-order valence-electron chi connectivity index (χ4n) is 4.43. The Bertz CT molecular complexity index is 1110. The summed E-state index contributed by atoms with van der Waals surface area (Å²) in [4.78, 5) is 37.6. The summed E-state index contributed by atoms with van der Waals surface area (Å²) in [5.41, 5.74) is 10.6. The summed E-state index contributed by atoms with van der Waals surface area (Å²) in [6.07, 6.45) is 0.301. The monoisotopic (exact) mass is 427 g/mol. The van der Waals surface area contributed by atoms with Gasteiger partial charge in [-0.05, 0) is 27.8 Å². The molecular weight excluding hydrogens is 402 g/mol. The number of carbonyl (C=O) groups excluding carboxylic acids is 3. The Balaban J connectivity index is 1.65. The highest BCUT2D eigenvalue weighted by Crippen LogP contribution is 2.46. The van der Waals surface area contributed by atoms with Gasteiger partial charge in [0.2, 0.25) is 17.7 Å². The molecule has 2 atom stereocenters. The minimum absolute atomic E-state index is 0.301. The summed E-state index contributed by atoms with van der Waals surface area (Å²) >= 11 is 0. The minimum Gasteiger partial charge on any atom is -0.368 e. The van der Waals surface area contributed by atoms with Crippen LogP contribution in [0, 0.1) is 0 Å². The van der Waals surface area contributed by atoms with Crippen molar-refractivity contribution in [2.45, 2.75) is 31.3 Å². The summed E-state index contributed by atoms with van der Waals surface area (Å²) in [7, 11) is 0. The molecule has 0 spiro atoms. The number of nitrogens with one attached hydrogen (secondary N) is 2. The third-order valence-corrected chi connectivity index (χ3v) is 5.80. The van der Waals surface area contributed by atoms with Crippen LogP contribution in [0.25, 0.3) is 11.1 Å². The first-order chi connectivity index (χ1) is 15.5. The van der Waals surface area contributed by atoms with Crippen LogP contribution in [0.4, 0.5) is 0 Å². The van der Waals surface area contributed by atoms with Crippen LogP contribution in [0.2, 0.25) is 0 Å². The van der Waals surface area contributed by atoms with Crippen molar-refractivity contribution in [1.29, 1.82) is 0 Å². The molecule has 3 aromatic carbocycles. The molecule has 32 heavy (non-hydrogen) atoms. The molecule has 0 aromatic heterocycles. The normalized spacial score (nSPS) is 14.0. The molecular formula is C26H25N3O3. The van der Waals surface area contributed by atoms with Crippen molar-refractivity contribution in [1.82, 2.24) is 10.6 Å². The summed E-state index contributed by atoms with van der Waals surface area (Å²) in [5.74, 6) is -1.81. The Morgan fingerprint density at radius 2 is 1.34 bits per heavy atom. The van der Waals surface area contributed by atoms with E-state index in [9.17, 15) is 14.4 Å². The van der Waals surface area contributed by atoms with E-state index in [1.165, 1.54) is 6.92 Å². The molecule has 0 fully saturated rings. The molecule has 1 aliphatic carbocycles. The highest BCUT2D eigenvalue weighted by atomic mass is 16.2. The number of primary amides is 1. The van der Waals surface area contributed by atoms with Gasteiger partial charge in [-0.3, -0.25) is 14.4 Å². The Labute approximate surface area is 186 Å². The molecule has 3 amide bonds. The molecule has 4 rings (SSSR count). The standard InChI is InChI=1S/C26H25N3O3/c1-16(30)28-22(15-17-9-3-2-4-10-17)26(32)29-24(25(27)31)23-20-13-7-5-11-18(20)19-12-6-8-14-21(19)23/h2-14,22-24H,15H2,1H3,(H2,27,31)(H,28,30)(H,29,32)/t22-,24-/m0/s1. The van der Waals surface area contributed by atoms with Crippen LogP contribution >= 0.6 is 0 Å². The zero-order valence-corrected chi connectivity index (χ0v) is 17.7. The number of hydrogen-bond donors (Lipinski definition) is 3. The van der Waals surface area contributed by atoms with E-state index in [-0.39, 0.29) is 5.91 Å². The molecule has 0 heterocycles. The van der Waals surface area contributed by atoms with Gasteiger partial charge < -0.3 is 16.4 Å². The predicted molar refractivity (Wildman–Crippen MR) is 123 cm³/mol. The Kier molecular flexibility index (Phi) is 6.03. The van der Waals surface area contributed by atoms with Crippen LogP contribution < -0.4 is 16.4 Å². The molecule has 6 nitrogen and oxygen atoms in total. The van der Waals surface area contributed by atoms with Crippen molar-refractivity contribution in [2.24, 2.45) is 5.73 Å². The number of nitrogens with two attached hydrogens (primary N) is 1. The van der Waals surface area contributed by atoms with Gasteiger partial charge in [-0.15, -0.1) is 0 Å². The van der Waals surface area contributed by atoms with E-state index >= 15 is 0 Å². The Hall–Kier alpha value is -3.93. The maximum Gasteiger partial charge on any atom is 0.243 e. The van der Waals surface area contributed by atoms with E-state index in [4.69, 9.17) is 5.73 Å². The predicted octanol–water partition coefficient (Wildman–Crippen LogP) is 2.52. The summed E-state index contributed by atoms with van der Waals surface area (Å²) in [6.45, 7) is 1.36. The highest BCUT2D eigenvalue weighted by Gasteiger charge is 2.38. The second-order valence-electron chi connectivity index (χ2n) is 7.98. The smallest absolute Gasteiger partial charge is 0.243 e. The van der Waals surface area contributed by atoms with Gasteiger partial charge >= 0.3 is 0 Å². The summed E-state index contributed by atoms with van der Waals surface area (Å²) < 4.78 is 0. The minimum atomic E-state index is -0.959. The maximum absolute atomic E-state index is 13.2. The number of benzene rings is 3. The lowest BCUT2D eigenvalue weighted by Crippen LogP contribution is -2.55. The van der Waals surface area contributed by atoms with E-state index in [0.29, 0.717) is 6.42 Å². The average Bonchev–Trinajstić information content (AvgIpc) is 3.11. The second-order valence-corrected chi connectivity index (χ2v) is 7.98. The fraction of sp³-hybridized carbons (Fsp3) is 0.192. The molecule has 4 N–H and O–H groups in total. The SMILES string of the molecule is CC(=O)N[C@@H](Cc1ccccc1)C(=O)N[C@H](C(N)=O)C1c2ccccc2-c2ccccc21. The molecule has 0 unspecified atom stereocenters. The molecule has 1 aliphatic rings. The van der Waals surface area contributed by atoms with E-state index in [1.807, 2.05) is 78.9 Å². The quantitative estimate of drug-likeness (QED) is 0.540. The van der Waals surface area contributed by atoms with Crippen LogP contribution in [0.15, 0.2) is 78.9 Å². The lowest BCUT2D eigenvalue weighted by Gasteiger charge is -2.26. The molecule has 3 aromatic rings. The summed E-state index contributed by atoms with van der Waals surface area (Å²) in [5, 5.41) is 5.54. The third-order valence-electron chi connectivity index (χ3n) is 5.80. The van der Waals surface area contributed by atoms with Crippen molar-refractivity contribution in [3.05, 3.63) is 95.6 Å². The van der Waals surface area contributed by atoms with Crippen LogP contribution in [0.1, 0.15) is 29.5 Å². The van der Waals surface area contributed by atoms with Gasteiger partial charge in [-0.25, -0.2) is 0 Å². The molecule has 0 radical (unpaired) electrons. The van der Waals surface area contributed by atoms with Gasteiger partial charge in [0.05, 0.1) is 0 Å². The van der Waals surface area contributed by atoms with E-state index < -0.39 is 29.8 Å². The second kappa shape index (κ2) is 9.06. The van der Waals surface area contributed by atoms with Crippen molar-refractivity contribution in [2.75, 3.05) is 0 Å². The largest absolute Gasteiger partial charge is 0.368 e. The van der Waals surface area contributed by atoms with Gasteiger partial charge in [0, 0.05) is 19.3 Å². The van der Waals surface area contributed by atoms with Gasteiger partial charge in [-0.1, -0.05) is 78.9 Å². The number of hydrogen-bond acceptors (Lipinski definition) is 3. The van der Waals surface area contributed by atoms with E-state index in [2.05, 4.69) is 10.6 Å². The number of fused-ring (bicyclic) bond motifs is 3. The molecule has 0 bridgehead atoms. The third kappa shape index (κ3) is 4.25. The molecule has 162 valence electrons. The molecule has 6 heteroatoms. The van der Waals surface area contributed by atoms with E-state index in [0.717, 1.165) is 27.8 Å². The topological polar surface area (TPSA) is 101 Å². The molecule has 0 aliphatic heterocycles. The van der Waals surface area contributed by atoms with Crippen molar-refractivity contribution >= 4 is 17.7 Å². The zero-order valence-electron chi connectivity index (χ0n) is 17.7. The highest BCUT2D eigenvalue weighted by molar-refractivity contribution is 5.94. The van der Waals surface area contributed by atoms with Gasteiger partial charge in [0.25, 0.3) is 0 Å². The number of carbonyl (C=O) groups is 3. The zero-order chi connectivity index (χ0) is 22.7. The lowest BCUT2D eigenvalue weighted by atomic mass is 9.88. The number of amides is 3. The van der Waals surface area contributed by atoms with Crippen LogP contribution in [0.5, 0.6) is 0 Å². The van der Waals surface area contributed by atoms with Gasteiger partial charge in [0.15, 0.2) is 0 Å². The first kappa shape index (κ1) is 21.3.